The highest BCUT2D eigenvalue weighted by Gasteiger charge is 2.29. The van der Waals surface area contributed by atoms with Gasteiger partial charge in [0.25, 0.3) is 0 Å². The van der Waals surface area contributed by atoms with Gasteiger partial charge >= 0.3 is 0 Å². The van der Waals surface area contributed by atoms with E-state index >= 15 is 0 Å². The van der Waals surface area contributed by atoms with E-state index in [1.807, 2.05) is 13.0 Å². The van der Waals surface area contributed by atoms with E-state index < -0.39 is 0 Å². The molecule has 2 atom stereocenters. The van der Waals surface area contributed by atoms with Gasteiger partial charge in [-0.25, -0.2) is 0 Å². The topological polar surface area (TPSA) is 21.7 Å². The SMILES string of the molecule is CCO[C@H]1C(C)OCCN1Cc1ccccc1. The Hall–Kier alpha value is -0.900. The third kappa shape index (κ3) is 3.28. The second-order valence-electron chi connectivity index (χ2n) is 4.38. The highest BCUT2D eigenvalue weighted by molar-refractivity contribution is 5.14. The summed E-state index contributed by atoms with van der Waals surface area (Å²) in [4.78, 5) is 2.35. The van der Waals surface area contributed by atoms with Crippen LogP contribution in [0.2, 0.25) is 0 Å². The van der Waals surface area contributed by atoms with Gasteiger partial charge in [0, 0.05) is 19.7 Å². The average Bonchev–Trinajstić information content (AvgIpc) is 2.35. The summed E-state index contributed by atoms with van der Waals surface area (Å²) in [6.07, 6.45) is 0.223. The molecule has 2 rings (SSSR count). The minimum atomic E-state index is 0.0777. The van der Waals surface area contributed by atoms with E-state index in [9.17, 15) is 0 Å². The smallest absolute Gasteiger partial charge is 0.137 e. The number of nitrogens with zero attached hydrogens (tertiary/aromatic N) is 1. The van der Waals surface area contributed by atoms with Gasteiger partial charge in [-0.05, 0) is 19.4 Å². The van der Waals surface area contributed by atoms with Crippen LogP contribution in [0.25, 0.3) is 0 Å². The van der Waals surface area contributed by atoms with Gasteiger partial charge in [-0.15, -0.1) is 0 Å². The van der Waals surface area contributed by atoms with Crippen molar-refractivity contribution in [1.29, 1.82) is 0 Å². The summed E-state index contributed by atoms with van der Waals surface area (Å²) in [5.74, 6) is 0. The molecule has 1 saturated heterocycles. The molecule has 0 spiro atoms. The fraction of sp³-hybridized carbons (Fsp3) is 0.571. The Labute approximate surface area is 103 Å². The zero-order chi connectivity index (χ0) is 12.1. The lowest BCUT2D eigenvalue weighted by Gasteiger charge is -2.39. The van der Waals surface area contributed by atoms with Crippen molar-refractivity contribution in [3.8, 4) is 0 Å². The molecule has 1 fully saturated rings. The lowest BCUT2D eigenvalue weighted by Crippen LogP contribution is -2.51. The molecular formula is C14H21NO2. The first kappa shape index (κ1) is 12.6. The van der Waals surface area contributed by atoms with E-state index in [0.29, 0.717) is 0 Å². The molecule has 1 aromatic rings. The maximum Gasteiger partial charge on any atom is 0.137 e. The molecular weight excluding hydrogens is 214 g/mol. The predicted octanol–water partition coefficient (Wildman–Crippen LogP) is 2.27. The number of benzene rings is 1. The Kier molecular flexibility index (Phi) is 4.54. The van der Waals surface area contributed by atoms with Crippen molar-refractivity contribution in [2.75, 3.05) is 19.8 Å². The van der Waals surface area contributed by atoms with Crippen molar-refractivity contribution >= 4 is 0 Å². The summed E-state index contributed by atoms with van der Waals surface area (Å²) in [6, 6.07) is 10.5. The largest absolute Gasteiger partial charge is 0.373 e. The van der Waals surface area contributed by atoms with Gasteiger partial charge in [0.15, 0.2) is 0 Å². The molecule has 0 bridgehead atoms. The highest BCUT2D eigenvalue weighted by atomic mass is 16.6. The molecule has 1 heterocycles. The predicted molar refractivity (Wildman–Crippen MR) is 67.7 cm³/mol. The standard InChI is InChI=1S/C14H21NO2/c1-3-16-14-12(2)17-10-9-15(14)11-13-7-5-4-6-8-13/h4-8,12,14H,3,9-11H2,1-2H3/t12?,14-/m0/s1. The quantitative estimate of drug-likeness (QED) is 0.799. The van der Waals surface area contributed by atoms with Crippen LogP contribution in [0, 0.1) is 0 Å². The van der Waals surface area contributed by atoms with Crippen LogP contribution in [0.1, 0.15) is 19.4 Å². The molecule has 0 amide bonds. The Morgan fingerprint density at radius 2 is 2.12 bits per heavy atom. The van der Waals surface area contributed by atoms with Crippen LogP contribution in [0.5, 0.6) is 0 Å². The van der Waals surface area contributed by atoms with Gasteiger partial charge in [0.1, 0.15) is 6.23 Å². The van der Waals surface area contributed by atoms with Crippen molar-refractivity contribution in [3.63, 3.8) is 0 Å². The van der Waals surface area contributed by atoms with E-state index in [1.54, 1.807) is 0 Å². The number of rotatable bonds is 4. The summed E-state index contributed by atoms with van der Waals surface area (Å²) >= 11 is 0. The third-order valence-corrected chi connectivity index (χ3v) is 3.09. The Morgan fingerprint density at radius 3 is 2.82 bits per heavy atom. The molecule has 3 nitrogen and oxygen atoms in total. The van der Waals surface area contributed by atoms with Crippen molar-refractivity contribution < 1.29 is 9.47 Å². The first-order valence-corrected chi connectivity index (χ1v) is 6.32. The van der Waals surface area contributed by atoms with Gasteiger partial charge in [0.05, 0.1) is 12.7 Å². The van der Waals surface area contributed by atoms with Crippen LogP contribution in [0.15, 0.2) is 30.3 Å². The molecule has 17 heavy (non-hydrogen) atoms. The lowest BCUT2D eigenvalue weighted by atomic mass is 10.2. The molecule has 3 heteroatoms. The van der Waals surface area contributed by atoms with Crippen LogP contribution in [-0.2, 0) is 16.0 Å². The van der Waals surface area contributed by atoms with E-state index in [-0.39, 0.29) is 12.3 Å². The maximum absolute atomic E-state index is 5.78. The molecule has 0 aliphatic carbocycles. The summed E-state index contributed by atoms with van der Waals surface area (Å²) in [5.41, 5.74) is 1.33. The van der Waals surface area contributed by atoms with E-state index in [4.69, 9.17) is 9.47 Å². The Morgan fingerprint density at radius 1 is 1.35 bits per heavy atom. The fourth-order valence-electron chi connectivity index (χ4n) is 2.26. The zero-order valence-corrected chi connectivity index (χ0v) is 10.6. The second-order valence-corrected chi connectivity index (χ2v) is 4.38. The molecule has 0 radical (unpaired) electrons. The van der Waals surface area contributed by atoms with Crippen LogP contribution in [0.4, 0.5) is 0 Å². The first-order chi connectivity index (χ1) is 8.31. The number of hydrogen-bond acceptors (Lipinski definition) is 3. The molecule has 1 unspecified atom stereocenters. The van der Waals surface area contributed by atoms with Gasteiger partial charge in [0.2, 0.25) is 0 Å². The third-order valence-electron chi connectivity index (χ3n) is 3.09. The van der Waals surface area contributed by atoms with Crippen LogP contribution in [-0.4, -0.2) is 37.0 Å². The average molecular weight is 235 g/mol. The Balaban J connectivity index is 2.02. The number of morpholine rings is 1. The molecule has 0 N–H and O–H groups in total. The lowest BCUT2D eigenvalue weighted by molar-refractivity contribution is -0.177. The van der Waals surface area contributed by atoms with Gasteiger partial charge in [-0.2, -0.15) is 0 Å². The monoisotopic (exact) mass is 235 g/mol. The van der Waals surface area contributed by atoms with Gasteiger partial charge in [-0.1, -0.05) is 30.3 Å². The van der Waals surface area contributed by atoms with Crippen molar-refractivity contribution in [2.45, 2.75) is 32.7 Å². The van der Waals surface area contributed by atoms with Crippen LogP contribution in [0.3, 0.4) is 0 Å². The second kappa shape index (κ2) is 6.15. The zero-order valence-electron chi connectivity index (χ0n) is 10.6. The molecule has 1 aliphatic heterocycles. The minimum absolute atomic E-state index is 0.0777. The first-order valence-electron chi connectivity index (χ1n) is 6.32. The molecule has 1 aliphatic rings. The van der Waals surface area contributed by atoms with E-state index in [1.165, 1.54) is 5.56 Å². The molecule has 1 aromatic carbocycles. The van der Waals surface area contributed by atoms with Crippen LogP contribution >= 0.6 is 0 Å². The summed E-state index contributed by atoms with van der Waals surface area (Å²) in [7, 11) is 0. The number of ether oxygens (including phenoxy) is 2. The molecule has 94 valence electrons. The number of hydrogen-bond donors (Lipinski definition) is 0. The van der Waals surface area contributed by atoms with Crippen molar-refractivity contribution in [3.05, 3.63) is 35.9 Å². The summed E-state index contributed by atoms with van der Waals surface area (Å²) in [5, 5.41) is 0. The molecule has 0 aromatic heterocycles. The maximum atomic E-state index is 5.78. The van der Waals surface area contributed by atoms with E-state index in [2.05, 4.69) is 36.1 Å². The summed E-state index contributed by atoms with van der Waals surface area (Å²) in [6.45, 7) is 7.49. The normalized spacial score (nSPS) is 26.0. The van der Waals surface area contributed by atoms with Crippen LogP contribution < -0.4 is 0 Å². The fourth-order valence-corrected chi connectivity index (χ4v) is 2.26. The van der Waals surface area contributed by atoms with Gasteiger partial charge < -0.3 is 9.47 Å². The van der Waals surface area contributed by atoms with Gasteiger partial charge in [-0.3, -0.25) is 4.90 Å². The minimum Gasteiger partial charge on any atom is -0.373 e. The molecule has 0 saturated carbocycles. The van der Waals surface area contributed by atoms with Crippen molar-refractivity contribution in [1.82, 2.24) is 4.90 Å². The Bertz CT molecular complexity index is 328. The highest BCUT2D eigenvalue weighted by Crippen LogP contribution is 2.18. The van der Waals surface area contributed by atoms with Crippen molar-refractivity contribution in [2.24, 2.45) is 0 Å². The van der Waals surface area contributed by atoms with E-state index in [0.717, 1.165) is 26.3 Å². The summed E-state index contributed by atoms with van der Waals surface area (Å²) < 4.78 is 11.4.